The van der Waals surface area contributed by atoms with Gasteiger partial charge in [-0.05, 0) is 19.1 Å². The normalized spacial score (nSPS) is 16.6. The number of carbonyl (C=O) groups excluding carboxylic acids is 2. The lowest BCUT2D eigenvalue weighted by Gasteiger charge is -2.18. The fourth-order valence-corrected chi connectivity index (χ4v) is 2.81. The van der Waals surface area contributed by atoms with Crippen LogP contribution in [0.2, 0.25) is 0 Å². The minimum Gasteiger partial charge on any atom is -0.472 e. The van der Waals surface area contributed by atoms with Crippen LogP contribution < -0.4 is 4.74 Å². The molecule has 0 spiro atoms. The lowest BCUT2D eigenvalue weighted by atomic mass is 10.1. The van der Waals surface area contributed by atoms with Crippen molar-refractivity contribution >= 4 is 11.9 Å². The van der Waals surface area contributed by atoms with E-state index in [4.69, 9.17) is 9.47 Å². The number of nitrogens with zero attached hydrogens (tertiary/aromatic N) is 3. The number of hydrogen-bond donors (Lipinski definition) is 0. The first-order valence-corrected chi connectivity index (χ1v) is 8.01. The fourth-order valence-electron chi connectivity index (χ4n) is 2.81. The van der Waals surface area contributed by atoms with Crippen molar-refractivity contribution in [1.29, 1.82) is 0 Å². The number of rotatable bonds is 4. The molecule has 0 aliphatic carbocycles. The minimum absolute atomic E-state index is 0.136. The average Bonchev–Trinajstić information content (AvgIpc) is 3.09. The Bertz CT molecular complexity index is 793. The van der Waals surface area contributed by atoms with E-state index < -0.39 is 5.97 Å². The van der Waals surface area contributed by atoms with Crippen LogP contribution in [0.25, 0.3) is 0 Å². The van der Waals surface area contributed by atoms with Crippen LogP contribution in [-0.2, 0) is 4.74 Å². The van der Waals surface area contributed by atoms with Gasteiger partial charge in [0.15, 0.2) is 0 Å². The van der Waals surface area contributed by atoms with E-state index in [-0.39, 0.29) is 17.6 Å². The van der Waals surface area contributed by atoms with E-state index in [1.165, 1.54) is 7.11 Å². The van der Waals surface area contributed by atoms with Gasteiger partial charge in [-0.15, -0.1) is 0 Å². The maximum atomic E-state index is 12.8. The van der Waals surface area contributed by atoms with Crippen molar-refractivity contribution in [2.75, 3.05) is 20.2 Å². The molecule has 1 aromatic heterocycles. The number of ether oxygens (including phenoxy) is 2. The Morgan fingerprint density at radius 2 is 1.96 bits per heavy atom. The van der Waals surface area contributed by atoms with E-state index in [1.54, 1.807) is 48.4 Å². The molecule has 1 fully saturated rings. The van der Waals surface area contributed by atoms with Gasteiger partial charge in [-0.3, -0.25) is 4.79 Å². The molecular formula is C18H19N3O4. The number of likely N-dealkylation sites (tertiary alicyclic amines) is 1. The number of carbonyl (C=O) groups is 2. The molecule has 25 heavy (non-hydrogen) atoms. The van der Waals surface area contributed by atoms with E-state index in [1.807, 2.05) is 0 Å². The standard InChI is InChI=1S/C18H19N3O4/c1-12-19-9-7-16(20-12)25-13-8-10-21(11-13)17(22)14-5-3-4-6-15(14)18(23)24-2/h3-7,9,13H,8,10-11H2,1-2H3/t13-/m1/s1. The van der Waals surface area contributed by atoms with Gasteiger partial charge >= 0.3 is 5.97 Å². The molecule has 7 nitrogen and oxygen atoms in total. The van der Waals surface area contributed by atoms with Crippen molar-refractivity contribution in [3.63, 3.8) is 0 Å². The average molecular weight is 341 g/mol. The van der Waals surface area contributed by atoms with Crippen LogP contribution in [0.1, 0.15) is 33.0 Å². The summed E-state index contributed by atoms with van der Waals surface area (Å²) in [6.07, 6.45) is 2.21. The Morgan fingerprint density at radius 3 is 2.68 bits per heavy atom. The summed E-state index contributed by atoms with van der Waals surface area (Å²) in [6.45, 7) is 2.79. The van der Waals surface area contributed by atoms with Gasteiger partial charge in [0.05, 0.1) is 24.8 Å². The topological polar surface area (TPSA) is 81.6 Å². The van der Waals surface area contributed by atoms with Crippen LogP contribution in [0.15, 0.2) is 36.5 Å². The third-order valence-electron chi connectivity index (χ3n) is 4.03. The monoisotopic (exact) mass is 341 g/mol. The number of hydrogen-bond acceptors (Lipinski definition) is 6. The highest BCUT2D eigenvalue weighted by molar-refractivity contribution is 6.05. The fraction of sp³-hybridized carbons (Fsp3) is 0.333. The molecule has 7 heteroatoms. The van der Waals surface area contributed by atoms with Crippen molar-refractivity contribution < 1.29 is 19.1 Å². The molecule has 2 aromatic rings. The summed E-state index contributed by atoms with van der Waals surface area (Å²) < 4.78 is 10.6. The number of esters is 1. The van der Waals surface area contributed by atoms with Gasteiger partial charge in [-0.2, -0.15) is 4.98 Å². The smallest absolute Gasteiger partial charge is 0.338 e. The molecular weight excluding hydrogens is 322 g/mol. The second-order valence-corrected chi connectivity index (χ2v) is 5.76. The van der Waals surface area contributed by atoms with Crippen LogP contribution in [-0.4, -0.2) is 53.0 Å². The molecule has 1 atom stereocenters. The summed E-state index contributed by atoms with van der Waals surface area (Å²) >= 11 is 0. The largest absolute Gasteiger partial charge is 0.472 e. The molecule has 0 radical (unpaired) electrons. The Labute approximate surface area is 145 Å². The Hall–Kier alpha value is -2.96. The van der Waals surface area contributed by atoms with Crippen molar-refractivity contribution in [3.05, 3.63) is 53.5 Å². The van der Waals surface area contributed by atoms with Crippen LogP contribution in [0.3, 0.4) is 0 Å². The lowest BCUT2D eigenvalue weighted by molar-refractivity contribution is 0.0591. The molecule has 3 rings (SSSR count). The van der Waals surface area contributed by atoms with Crippen molar-refractivity contribution in [2.24, 2.45) is 0 Å². The van der Waals surface area contributed by atoms with Gasteiger partial charge in [0.25, 0.3) is 5.91 Å². The van der Waals surface area contributed by atoms with E-state index in [2.05, 4.69) is 9.97 Å². The molecule has 0 saturated carbocycles. The summed E-state index contributed by atoms with van der Waals surface area (Å²) in [6, 6.07) is 8.36. The van der Waals surface area contributed by atoms with E-state index >= 15 is 0 Å². The quantitative estimate of drug-likeness (QED) is 0.790. The van der Waals surface area contributed by atoms with E-state index in [0.717, 1.165) is 0 Å². The molecule has 0 unspecified atom stereocenters. The molecule has 0 N–H and O–H groups in total. The highest BCUT2D eigenvalue weighted by Crippen LogP contribution is 2.20. The second-order valence-electron chi connectivity index (χ2n) is 5.76. The first-order chi connectivity index (χ1) is 12.1. The predicted octanol–water partition coefficient (Wildman–Crippen LogP) is 1.87. The van der Waals surface area contributed by atoms with Crippen LogP contribution in [0.5, 0.6) is 5.88 Å². The van der Waals surface area contributed by atoms with Gasteiger partial charge in [-0.25, -0.2) is 9.78 Å². The highest BCUT2D eigenvalue weighted by Gasteiger charge is 2.30. The molecule has 1 aliphatic heterocycles. The number of amides is 1. The Morgan fingerprint density at radius 1 is 1.20 bits per heavy atom. The zero-order chi connectivity index (χ0) is 17.8. The highest BCUT2D eigenvalue weighted by atomic mass is 16.5. The number of methoxy groups -OCH3 is 1. The zero-order valence-electron chi connectivity index (χ0n) is 14.1. The van der Waals surface area contributed by atoms with Gasteiger partial charge < -0.3 is 14.4 Å². The third-order valence-corrected chi connectivity index (χ3v) is 4.03. The molecule has 1 saturated heterocycles. The molecule has 2 heterocycles. The van der Waals surface area contributed by atoms with E-state index in [0.29, 0.717) is 36.8 Å². The first kappa shape index (κ1) is 16.9. The van der Waals surface area contributed by atoms with Crippen molar-refractivity contribution in [1.82, 2.24) is 14.9 Å². The molecule has 1 amide bonds. The summed E-state index contributed by atoms with van der Waals surface area (Å²) in [5.41, 5.74) is 0.610. The van der Waals surface area contributed by atoms with Crippen LogP contribution in [0, 0.1) is 6.92 Å². The Balaban J connectivity index is 1.70. The maximum Gasteiger partial charge on any atom is 0.338 e. The second kappa shape index (κ2) is 7.29. The van der Waals surface area contributed by atoms with Gasteiger partial charge in [-0.1, -0.05) is 12.1 Å². The third kappa shape index (κ3) is 3.76. The summed E-state index contributed by atoms with van der Waals surface area (Å²) in [5.74, 6) is 0.413. The SMILES string of the molecule is COC(=O)c1ccccc1C(=O)N1CC[C@@H](Oc2ccnc(C)n2)C1. The van der Waals surface area contributed by atoms with Gasteiger partial charge in [0.1, 0.15) is 11.9 Å². The van der Waals surface area contributed by atoms with Crippen LogP contribution in [0.4, 0.5) is 0 Å². The number of benzene rings is 1. The first-order valence-electron chi connectivity index (χ1n) is 8.01. The van der Waals surface area contributed by atoms with Crippen molar-refractivity contribution in [2.45, 2.75) is 19.4 Å². The number of aryl methyl sites for hydroxylation is 1. The van der Waals surface area contributed by atoms with E-state index in [9.17, 15) is 9.59 Å². The minimum atomic E-state index is -0.521. The molecule has 1 aliphatic rings. The molecule has 0 bridgehead atoms. The summed E-state index contributed by atoms with van der Waals surface area (Å²) in [4.78, 5) is 34.6. The Kier molecular flexibility index (Phi) is 4.92. The lowest BCUT2D eigenvalue weighted by Crippen LogP contribution is -2.32. The van der Waals surface area contributed by atoms with Gasteiger partial charge in [0.2, 0.25) is 5.88 Å². The zero-order valence-corrected chi connectivity index (χ0v) is 14.1. The predicted molar refractivity (Wildman–Crippen MR) is 89.5 cm³/mol. The van der Waals surface area contributed by atoms with Crippen LogP contribution >= 0.6 is 0 Å². The van der Waals surface area contributed by atoms with Gasteiger partial charge in [0, 0.05) is 25.2 Å². The summed E-state index contributed by atoms with van der Waals surface area (Å²) in [7, 11) is 1.30. The summed E-state index contributed by atoms with van der Waals surface area (Å²) in [5, 5.41) is 0. The van der Waals surface area contributed by atoms with Crippen molar-refractivity contribution in [3.8, 4) is 5.88 Å². The number of aromatic nitrogens is 2. The maximum absolute atomic E-state index is 12.8. The molecule has 130 valence electrons. The molecule has 1 aromatic carbocycles.